The van der Waals surface area contributed by atoms with Crippen molar-refractivity contribution in [3.8, 4) is 0 Å². The summed E-state index contributed by atoms with van der Waals surface area (Å²) >= 11 is 0. The molecule has 0 saturated carbocycles. The van der Waals surface area contributed by atoms with Gasteiger partial charge in [0.2, 0.25) is 0 Å². The van der Waals surface area contributed by atoms with Gasteiger partial charge in [-0.15, -0.1) is 0 Å². The molecule has 1 unspecified atom stereocenters. The molecule has 0 aliphatic rings. The van der Waals surface area contributed by atoms with Crippen LogP contribution in [0.25, 0.3) is 10.9 Å². The van der Waals surface area contributed by atoms with Gasteiger partial charge in [0.05, 0.1) is 29.8 Å². The summed E-state index contributed by atoms with van der Waals surface area (Å²) in [5.41, 5.74) is 3.33. The molecular weight excluding hydrogens is 236 g/mol. The number of rotatable bonds is 3. The van der Waals surface area contributed by atoms with Gasteiger partial charge in [0.15, 0.2) is 0 Å². The third kappa shape index (κ3) is 2.00. The van der Waals surface area contributed by atoms with E-state index in [0.717, 1.165) is 16.6 Å². The largest absolute Gasteiger partial charge is 0.336 e. The van der Waals surface area contributed by atoms with Gasteiger partial charge in [-0.25, -0.2) is 4.98 Å². The van der Waals surface area contributed by atoms with E-state index in [1.165, 1.54) is 5.56 Å². The van der Waals surface area contributed by atoms with Crippen LogP contribution >= 0.6 is 0 Å². The van der Waals surface area contributed by atoms with Crippen LogP contribution in [0, 0.1) is 0 Å². The molecule has 0 saturated heterocycles. The van der Waals surface area contributed by atoms with Crippen molar-refractivity contribution in [3.63, 3.8) is 0 Å². The summed E-state index contributed by atoms with van der Waals surface area (Å²) in [7, 11) is 3.96. The fraction of sp³-hybridized carbons (Fsp3) is 0.200. The lowest BCUT2D eigenvalue weighted by Gasteiger charge is -2.18. The fourth-order valence-corrected chi connectivity index (χ4v) is 2.47. The van der Waals surface area contributed by atoms with Gasteiger partial charge in [-0.1, -0.05) is 24.3 Å². The number of benzene rings is 1. The minimum atomic E-state index is 0.0890. The lowest BCUT2D eigenvalue weighted by atomic mass is 10.0. The van der Waals surface area contributed by atoms with Gasteiger partial charge in [0.1, 0.15) is 0 Å². The van der Waals surface area contributed by atoms with Gasteiger partial charge < -0.3 is 9.88 Å². The van der Waals surface area contributed by atoms with Crippen LogP contribution in [0.15, 0.2) is 49.1 Å². The number of aromatic nitrogens is 3. The molecule has 0 aliphatic carbocycles. The Kier molecular flexibility index (Phi) is 3.01. The fourth-order valence-electron chi connectivity index (χ4n) is 2.47. The molecule has 0 radical (unpaired) electrons. The van der Waals surface area contributed by atoms with E-state index in [9.17, 15) is 0 Å². The minimum absolute atomic E-state index is 0.0890. The third-order valence-electron chi connectivity index (χ3n) is 3.41. The highest BCUT2D eigenvalue weighted by Gasteiger charge is 2.17. The number of hydrogen-bond donors (Lipinski definition) is 1. The topological polar surface area (TPSA) is 42.7 Å². The van der Waals surface area contributed by atoms with Crippen molar-refractivity contribution in [2.75, 3.05) is 7.05 Å². The van der Waals surface area contributed by atoms with Gasteiger partial charge in [0, 0.05) is 24.2 Å². The molecule has 96 valence electrons. The zero-order valence-corrected chi connectivity index (χ0v) is 11.0. The monoisotopic (exact) mass is 252 g/mol. The van der Waals surface area contributed by atoms with Crippen LogP contribution < -0.4 is 5.32 Å². The molecule has 0 aliphatic heterocycles. The van der Waals surface area contributed by atoms with E-state index in [-0.39, 0.29) is 6.04 Å². The predicted octanol–water partition coefficient (Wildman–Crippen LogP) is 2.28. The number of pyridine rings is 1. The molecule has 19 heavy (non-hydrogen) atoms. The van der Waals surface area contributed by atoms with Crippen LogP contribution in [0.1, 0.15) is 17.3 Å². The normalized spacial score (nSPS) is 12.7. The maximum atomic E-state index is 4.52. The summed E-state index contributed by atoms with van der Waals surface area (Å²) in [5.74, 6) is 0. The van der Waals surface area contributed by atoms with Crippen LogP contribution in [0.3, 0.4) is 0 Å². The van der Waals surface area contributed by atoms with Crippen LogP contribution in [0.5, 0.6) is 0 Å². The van der Waals surface area contributed by atoms with Crippen molar-refractivity contribution < 1.29 is 0 Å². The van der Waals surface area contributed by atoms with Gasteiger partial charge >= 0.3 is 0 Å². The molecule has 1 N–H and O–H groups in total. The minimum Gasteiger partial charge on any atom is -0.336 e. The molecule has 2 aromatic heterocycles. The summed E-state index contributed by atoms with van der Waals surface area (Å²) in [6.07, 6.45) is 5.54. The zero-order valence-electron chi connectivity index (χ0n) is 11.0. The van der Waals surface area contributed by atoms with Crippen LogP contribution in [0.2, 0.25) is 0 Å². The Morgan fingerprint density at radius 3 is 2.79 bits per heavy atom. The van der Waals surface area contributed by atoms with Gasteiger partial charge in [-0.2, -0.15) is 0 Å². The quantitative estimate of drug-likeness (QED) is 0.777. The van der Waals surface area contributed by atoms with E-state index < -0.39 is 0 Å². The molecule has 0 bridgehead atoms. The van der Waals surface area contributed by atoms with Crippen LogP contribution in [-0.2, 0) is 7.05 Å². The number of hydrogen-bond acceptors (Lipinski definition) is 3. The van der Waals surface area contributed by atoms with Crippen molar-refractivity contribution in [1.29, 1.82) is 0 Å². The second-order valence-corrected chi connectivity index (χ2v) is 4.57. The highest BCUT2D eigenvalue weighted by molar-refractivity contribution is 5.82. The third-order valence-corrected chi connectivity index (χ3v) is 3.41. The molecule has 1 atom stereocenters. The van der Waals surface area contributed by atoms with E-state index in [0.29, 0.717) is 0 Å². The van der Waals surface area contributed by atoms with E-state index in [4.69, 9.17) is 0 Å². The smallest absolute Gasteiger partial charge is 0.0946 e. The van der Waals surface area contributed by atoms with E-state index >= 15 is 0 Å². The SMILES string of the molecule is CNC(c1cccc2cccnc12)c1cncn1C. The van der Waals surface area contributed by atoms with Crippen LogP contribution in [-0.4, -0.2) is 21.6 Å². The van der Waals surface area contributed by atoms with Crippen molar-refractivity contribution in [3.05, 3.63) is 60.3 Å². The Labute approximate surface area is 112 Å². The Hall–Kier alpha value is -2.20. The number of aryl methyl sites for hydroxylation is 1. The average Bonchev–Trinajstić information content (AvgIpc) is 2.86. The molecule has 3 rings (SSSR count). The zero-order chi connectivity index (χ0) is 13.2. The summed E-state index contributed by atoms with van der Waals surface area (Å²) in [5, 5.41) is 4.51. The molecule has 0 fully saturated rings. The first-order chi connectivity index (χ1) is 9.31. The maximum Gasteiger partial charge on any atom is 0.0946 e. The second-order valence-electron chi connectivity index (χ2n) is 4.57. The van der Waals surface area contributed by atoms with Gasteiger partial charge in [-0.3, -0.25) is 4.98 Å². The molecule has 0 spiro atoms. The summed E-state index contributed by atoms with van der Waals surface area (Å²) < 4.78 is 2.03. The Morgan fingerprint density at radius 1 is 1.21 bits per heavy atom. The standard InChI is InChI=1S/C15H16N4/c1-16-15(13-9-17-10-19(13)2)12-7-3-5-11-6-4-8-18-14(11)12/h3-10,15-16H,1-2H3. The summed E-state index contributed by atoms with van der Waals surface area (Å²) in [6.45, 7) is 0. The highest BCUT2D eigenvalue weighted by atomic mass is 15.1. The number of imidazole rings is 1. The first-order valence-corrected chi connectivity index (χ1v) is 6.28. The van der Waals surface area contributed by atoms with Crippen molar-refractivity contribution >= 4 is 10.9 Å². The molecule has 0 amide bonds. The van der Waals surface area contributed by atoms with E-state index in [1.54, 1.807) is 0 Å². The maximum absolute atomic E-state index is 4.52. The van der Waals surface area contributed by atoms with Crippen molar-refractivity contribution in [1.82, 2.24) is 19.9 Å². The Bertz CT molecular complexity index is 697. The summed E-state index contributed by atoms with van der Waals surface area (Å²) in [4.78, 5) is 8.72. The molecule has 4 heteroatoms. The van der Waals surface area contributed by atoms with Gasteiger partial charge in [-0.05, 0) is 13.1 Å². The molecule has 1 aromatic carbocycles. The first-order valence-electron chi connectivity index (χ1n) is 6.28. The molecule has 3 aromatic rings. The molecule has 2 heterocycles. The number of nitrogens with zero attached hydrogens (tertiary/aromatic N) is 3. The number of para-hydroxylation sites is 1. The van der Waals surface area contributed by atoms with Crippen LogP contribution in [0.4, 0.5) is 0 Å². The highest BCUT2D eigenvalue weighted by Crippen LogP contribution is 2.26. The Morgan fingerprint density at radius 2 is 2.05 bits per heavy atom. The average molecular weight is 252 g/mol. The number of nitrogens with one attached hydrogen (secondary N) is 1. The van der Waals surface area contributed by atoms with Crippen molar-refractivity contribution in [2.45, 2.75) is 6.04 Å². The predicted molar refractivity (Wildman–Crippen MR) is 75.9 cm³/mol. The first kappa shape index (κ1) is 11.9. The summed E-state index contributed by atoms with van der Waals surface area (Å²) in [6, 6.07) is 10.4. The number of fused-ring (bicyclic) bond motifs is 1. The van der Waals surface area contributed by atoms with E-state index in [2.05, 4.69) is 39.6 Å². The molecular formula is C15H16N4. The lowest BCUT2D eigenvalue weighted by Crippen LogP contribution is -2.20. The van der Waals surface area contributed by atoms with Gasteiger partial charge in [0.25, 0.3) is 0 Å². The Balaban J connectivity index is 2.20. The van der Waals surface area contributed by atoms with E-state index in [1.807, 2.05) is 43.4 Å². The lowest BCUT2D eigenvalue weighted by molar-refractivity contribution is 0.641. The molecule has 4 nitrogen and oxygen atoms in total. The second kappa shape index (κ2) is 4.82. The van der Waals surface area contributed by atoms with Crippen molar-refractivity contribution in [2.24, 2.45) is 7.05 Å².